The number of anilines is 2. The molecule has 14 heteroatoms. The van der Waals surface area contributed by atoms with Crippen LogP contribution in [-0.4, -0.2) is 69.4 Å². The Kier molecular flexibility index (Phi) is 7.87. The lowest BCUT2D eigenvalue weighted by atomic mass is 9.72. The highest BCUT2D eigenvalue weighted by Crippen LogP contribution is 2.41. The fourth-order valence-corrected chi connectivity index (χ4v) is 6.93. The second-order valence-corrected chi connectivity index (χ2v) is 13.4. The molecular weight excluding hydrogens is 559 g/mol. The summed E-state index contributed by atoms with van der Waals surface area (Å²) in [7, 11) is -3.68. The van der Waals surface area contributed by atoms with Crippen molar-refractivity contribution in [2.45, 2.75) is 62.7 Å². The Morgan fingerprint density at radius 1 is 1.05 bits per heavy atom. The lowest BCUT2D eigenvalue weighted by Gasteiger charge is -2.43. The van der Waals surface area contributed by atoms with Gasteiger partial charge < -0.3 is 15.7 Å². The van der Waals surface area contributed by atoms with E-state index < -0.39 is 27.4 Å². The van der Waals surface area contributed by atoms with Gasteiger partial charge in [-0.3, -0.25) is 4.68 Å². The summed E-state index contributed by atoms with van der Waals surface area (Å²) in [5.74, 6) is -0.0952. The van der Waals surface area contributed by atoms with Crippen LogP contribution < -0.4 is 10.6 Å². The van der Waals surface area contributed by atoms with E-state index in [1.54, 1.807) is 13.8 Å². The molecule has 2 saturated heterocycles. The topological polar surface area (TPSA) is 125 Å². The minimum atomic E-state index is -4.70. The fourth-order valence-electron chi connectivity index (χ4n) is 5.48. The lowest BCUT2D eigenvalue weighted by molar-refractivity contribution is -0.137. The summed E-state index contributed by atoms with van der Waals surface area (Å²) in [6.45, 7) is 6.11. The van der Waals surface area contributed by atoms with Gasteiger partial charge in [0.25, 0.3) is 0 Å². The molecule has 41 heavy (non-hydrogen) atoms. The molecule has 2 aromatic heterocycles. The Morgan fingerprint density at radius 3 is 2.32 bits per heavy atom. The molecule has 3 aromatic rings. The third-order valence-electron chi connectivity index (χ3n) is 7.75. The van der Waals surface area contributed by atoms with Crippen LogP contribution in [0.5, 0.6) is 0 Å². The Morgan fingerprint density at radius 2 is 1.71 bits per heavy atom. The Hall–Kier alpha value is -3.07. The Bertz CT molecular complexity index is 1470. The largest absolute Gasteiger partial charge is 0.419 e. The van der Waals surface area contributed by atoms with Gasteiger partial charge in [0, 0.05) is 36.7 Å². The Balaban J connectivity index is 1.32. The first-order valence-electron chi connectivity index (χ1n) is 13.5. The molecule has 4 heterocycles. The summed E-state index contributed by atoms with van der Waals surface area (Å²) in [5, 5.41) is 20.3. The Labute approximate surface area is 237 Å². The van der Waals surface area contributed by atoms with E-state index in [4.69, 9.17) is 0 Å². The third-order valence-corrected chi connectivity index (χ3v) is 9.66. The van der Waals surface area contributed by atoms with Crippen molar-refractivity contribution in [2.24, 2.45) is 5.41 Å². The van der Waals surface area contributed by atoms with Crippen molar-refractivity contribution in [1.82, 2.24) is 29.4 Å². The number of alkyl halides is 3. The van der Waals surface area contributed by atoms with E-state index in [-0.39, 0.29) is 34.1 Å². The summed E-state index contributed by atoms with van der Waals surface area (Å²) in [6.07, 6.45) is 2.45. The molecule has 0 unspecified atom stereocenters. The number of piperidine rings is 2. The number of hydrogen-bond donors (Lipinski definition) is 3. The first-order valence-corrected chi connectivity index (χ1v) is 15.0. The van der Waals surface area contributed by atoms with Crippen LogP contribution in [0.15, 0.2) is 47.8 Å². The lowest BCUT2D eigenvalue weighted by Crippen LogP contribution is -2.47. The van der Waals surface area contributed by atoms with Crippen molar-refractivity contribution >= 4 is 21.7 Å². The number of nitrogens with zero attached hydrogens (tertiary/aromatic N) is 5. The van der Waals surface area contributed by atoms with Crippen molar-refractivity contribution in [2.75, 3.05) is 31.5 Å². The van der Waals surface area contributed by atoms with Crippen LogP contribution in [0.1, 0.15) is 45.1 Å². The van der Waals surface area contributed by atoms with Gasteiger partial charge in [-0.2, -0.15) is 22.6 Å². The maximum absolute atomic E-state index is 13.8. The maximum atomic E-state index is 13.8. The van der Waals surface area contributed by atoms with Crippen LogP contribution in [0.25, 0.3) is 11.3 Å². The quantitative estimate of drug-likeness (QED) is 0.375. The normalized spacial score (nSPS) is 18.5. The van der Waals surface area contributed by atoms with Gasteiger partial charge in [-0.25, -0.2) is 18.4 Å². The van der Waals surface area contributed by atoms with Gasteiger partial charge in [0.1, 0.15) is 5.56 Å². The molecular formula is C27H34F3N7O3S. The average Bonchev–Trinajstić information content (AvgIpc) is 3.36. The van der Waals surface area contributed by atoms with Crippen LogP contribution in [0.3, 0.4) is 0 Å². The number of aliphatic hydroxyl groups is 1. The zero-order chi connectivity index (χ0) is 29.5. The molecule has 0 amide bonds. The summed E-state index contributed by atoms with van der Waals surface area (Å²) in [5.41, 5.74) is -1.76. The molecule has 2 aliphatic heterocycles. The van der Waals surface area contributed by atoms with Crippen LogP contribution in [0.2, 0.25) is 0 Å². The van der Waals surface area contributed by atoms with Crippen molar-refractivity contribution in [3.63, 3.8) is 0 Å². The van der Waals surface area contributed by atoms with Crippen LogP contribution in [-0.2, 0) is 22.7 Å². The predicted molar refractivity (Wildman–Crippen MR) is 147 cm³/mol. The molecule has 0 saturated carbocycles. The summed E-state index contributed by atoms with van der Waals surface area (Å²) in [6, 6.07) is 6.01. The molecule has 0 aliphatic carbocycles. The monoisotopic (exact) mass is 593 g/mol. The van der Waals surface area contributed by atoms with Gasteiger partial charge in [0.2, 0.25) is 16.0 Å². The summed E-state index contributed by atoms with van der Waals surface area (Å²) in [4.78, 5) is 8.10. The van der Waals surface area contributed by atoms with Crippen LogP contribution in [0, 0.1) is 5.41 Å². The van der Waals surface area contributed by atoms with E-state index in [0.717, 1.165) is 38.8 Å². The molecule has 2 aliphatic rings. The van der Waals surface area contributed by atoms with Gasteiger partial charge in [0.15, 0.2) is 0 Å². The molecule has 0 bridgehead atoms. The second kappa shape index (κ2) is 11.0. The highest BCUT2D eigenvalue weighted by Gasteiger charge is 2.39. The van der Waals surface area contributed by atoms with Gasteiger partial charge in [-0.05, 0) is 82.3 Å². The SMILES string of the molecule is CC(C)(O)Cn1cc(-c2nc(Nc3ccc(S(=O)(=O)N4CCC5(CCNCC5)CC4)cc3)ncc2C(F)(F)F)cn1. The summed E-state index contributed by atoms with van der Waals surface area (Å²) < 4.78 is 70.7. The fraction of sp³-hybridized carbons (Fsp3) is 0.519. The van der Waals surface area contributed by atoms with E-state index in [1.165, 1.54) is 45.6 Å². The highest BCUT2D eigenvalue weighted by molar-refractivity contribution is 7.89. The molecule has 3 N–H and O–H groups in total. The van der Waals surface area contributed by atoms with Crippen molar-refractivity contribution in [3.8, 4) is 11.3 Å². The average molecular weight is 594 g/mol. The smallest absolute Gasteiger partial charge is 0.389 e. The maximum Gasteiger partial charge on any atom is 0.419 e. The predicted octanol–water partition coefficient (Wildman–Crippen LogP) is 4.03. The zero-order valence-electron chi connectivity index (χ0n) is 22.9. The van der Waals surface area contributed by atoms with E-state index in [2.05, 4.69) is 25.7 Å². The van der Waals surface area contributed by atoms with E-state index in [9.17, 15) is 26.7 Å². The third kappa shape index (κ3) is 6.71. The minimum absolute atomic E-state index is 0.0789. The number of hydrogen-bond acceptors (Lipinski definition) is 8. The van der Waals surface area contributed by atoms with Crippen molar-refractivity contribution < 1.29 is 26.7 Å². The van der Waals surface area contributed by atoms with Gasteiger partial charge in [-0.1, -0.05) is 0 Å². The van der Waals surface area contributed by atoms with Crippen molar-refractivity contribution in [1.29, 1.82) is 0 Å². The van der Waals surface area contributed by atoms with Crippen LogP contribution in [0.4, 0.5) is 24.8 Å². The van der Waals surface area contributed by atoms with Crippen LogP contribution >= 0.6 is 0 Å². The summed E-state index contributed by atoms with van der Waals surface area (Å²) >= 11 is 0. The van der Waals surface area contributed by atoms with E-state index >= 15 is 0 Å². The molecule has 2 fully saturated rings. The molecule has 1 aromatic carbocycles. The number of halogens is 3. The second-order valence-electron chi connectivity index (χ2n) is 11.5. The van der Waals surface area contributed by atoms with E-state index in [0.29, 0.717) is 25.0 Å². The molecule has 5 rings (SSSR count). The van der Waals surface area contributed by atoms with Gasteiger partial charge in [-0.15, -0.1) is 0 Å². The highest BCUT2D eigenvalue weighted by atomic mass is 32.2. The number of sulfonamides is 1. The van der Waals surface area contributed by atoms with Crippen molar-refractivity contribution in [3.05, 3.63) is 48.4 Å². The molecule has 1 spiro atoms. The first-order chi connectivity index (χ1) is 19.2. The molecule has 222 valence electrons. The van der Waals surface area contributed by atoms with Gasteiger partial charge in [0.05, 0.1) is 28.9 Å². The zero-order valence-corrected chi connectivity index (χ0v) is 23.8. The molecule has 0 atom stereocenters. The van der Waals surface area contributed by atoms with E-state index in [1.807, 2.05) is 0 Å². The number of rotatable bonds is 7. The number of benzene rings is 1. The molecule has 0 radical (unpaired) electrons. The first kappa shape index (κ1) is 29.4. The number of aromatic nitrogens is 4. The standard InChI is InChI=1S/C27H34F3N7O3S/c1-25(2,38)18-36-17-19(15-33-36)23-22(27(28,29)30)16-32-24(35-23)34-20-3-5-21(6-4-20)41(39,40)37-13-9-26(10-14-37)7-11-31-12-8-26/h3-6,15-17,31,38H,7-14,18H2,1-2H3,(H,32,34,35). The number of nitrogens with one attached hydrogen (secondary N) is 2. The molecule has 10 nitrogen and oxygen atoms in total. The van der Waals surface area contributed by atoms with Gasteiger partial charge >= 0.3 is 6.18 Å². The minimum Gasteiger partial charge on any atom is -0.389 e.